The minimum atomic E-state index is 0.238. The van der Waals surface area contributed by atoms with Crippen LogP contribution in [0.3, 0.4) is 0 Å². The Morgan fingerprint density at radius 3 is 2.52 bits per heavy atom. The van der Waals surface area contributed by atoms with Crippen LogP contribution in [0.1, 0.15) is 31.9 Å². The molecule has 0 amide bonds. The first-order valence-electron chi connectivity index (χ1n) is 7.38. The van der Waals surface area contributed by atoms with Crippen LogP contribution in [0.2, 0.25) is 0 Å². The van der Waals surface area contributed by atoms with Crippen LogP contribution in [0.5, 0.6) is 11.5 Å². The summed E-state index contributed by atoms with van der Waals surface area (Å²) in [6.45, 7) is 6.02. The van der Waals surface area contributed by atoms with Gasteiger partial charge in [0.25, 0.3) is 0 Å². The summed E-state index contributed by atoms with van der Waals surface area (Å²) in [6, 6.07) is 4.27. The molecule has 2 rings (SSSR count). The summed E-state index contributed by atoms with van der Waals surface area (Å²) >= 11 is 3.67. The van der Waals surface area contributed by atoms with Gasteiger partial charge in [0.1, 0.15) is 0 Å². The summed E-state index contributed by atoms with van der Waals surface area (Å²) in [5, 5.41) is 3.59. The van der Waals surface area contributed by atoms with Crippen LogP contribution in [-0.4, -0.2) is 33.5 Å². The average Bonchev–Trinajstić information content (AvgIpc) is 2.90. The highest BCUT2D eigenvalue weighted by Crippen LogP contribution is 2.41. The molecule has 1 fully saturated rings. The number of hydrogen-bond acceptors (Lipinski definition) is 4. The lowest BCUT2D eigenvalue weighted by molar-refractivity contribution is 0.0954. The minimum Gasteiger partial charge on any atom is -0.493 e. The normalized spacial score (nSPS) is 23.1. The maximum atomic E-state index is 5.74. The van der Waals surface area contributed by atoms with Gasteiger partial charge < -0.3 is 19.5 Å². The number of benzene rings is 1. The molecular formula is C16H24BrNO3. The molecule has 0 spiro atoms. The molecule has 1 N–H and O–H groups in total. The lowest BCUT2D eigenvalue weighted by atomic mass is 9.88. The van der Waals surface area contributed by atoms with Crippen LogP contribution < -0.4 is 14.8 Å². The second kappa shape index (κ2) is 7.47. The fourth-order valence-electron chi connectivity index (χ4n) is 3.01. The lowest BCUT2D eigenvalue weighted by Crippen LogP contribution is -2.32. The summed E-state index contributed by atoms with van der Waals surface area (Å²) in [4.78, 5) is 0. The molecule has 1 aliphatic rings. The van der Waals surface area contributed by atoms with E-state index < -0.39 is 0 Å². The van der Waals surface area contributed by atoms with Gasteiger partial charge in [0, 0.05) is 23.0 Å². The van der Waals surface area contributed by atoms with Gasteiger partial charge in [-0.2, -0.15) is 0 Å². The Morgan fingerprint density at radius 1 is 1.33 bits per heavy atom. The van der Waals surface area contributed by atoms with Crippen molar-refractivity contribution in [3.8, 4) is 11.5 Å². The summed E-state index contributed by atoms with van der Waals surface area (Å²) in [5.74, 6) is 1.95. The maximum Gasteiger partial charge on any atom is 0.161 e. The van der Waals surface area contributed by atoms with Crippen LogP contribution in [-0.2, 0) is 4.74 Å². The third kappa shape index (κ3) is 3.52. The summed E-state index contributed by atoms with van der Waals surface area (Å²) in [5.41, 5.74) is 1.19. The van der Waals surface area contributed by atoms with Crippen LogP contribution in [0, 0.1) is 5.92 Å². The van der Waals surface area contributed by atoms with E-state index in [0.717, 1.165) is 35.5 Å². The van der Waals surface area contributed by atoms with Crippen molar-refractivity contribution in [3.05, 3.63) is 22.2 Å². The van der Waals surface area contributed by atoms with E-state index >= 15 is 0 Å². The van der Waals surface area contributed by atoms with E-state index in [0.29, 0.717) is 5.92 Å². The Bertz CT molecular complexity index is 481. The number of methoxy groups -OCH3 is 2. The SMILES string of the molecule is CCNC(c1cc(OC)c(OC)cc1Br)C1CCOC1C. The van der Waals surface area contributed by atoms with Gasteiger partial charge in [0.05, 0.1) is 20.3 Å². The number of rotatable bonds is 6. The first-order valence-corrected chi connectivity index (χ1v) is 8.18. The highest BCUT2D eigenvalue weighted by atomic mass is 79.9. The van der Waals surface area contributed by atoms with E-state index in [4.69, 9.17) is 14.2 Å². The topological polar surface area (TPSA) is 39.7 Å². The molecule has 4 nitrogen and oxygen atoms in total. The maximum absolute atomic E-state index is 5.74. The molecule has 1 saturated heterocycles. The van der Waals surface area contributed by atoms with E-state index in [-0.39, 0.29) is 12.1 Å². The Hall–Kier alpha value is -0.780. The third-order valence-corrected chi connectivity index (χ3v) is 4.81. The average molecular weight is 358 g/mol. The highest BCUT2D eigenvalue weighted by molar-refractivity contribution is 9.10. The quantitative estimate of drug-likeness (QED) is 0.844. The van der Waals surface area contributed by atoms with Crippen molar-refractivity contribution in [2.75, 3.05) is 27.4 Å². The van der Waals surface area contributed by atoms with Crippen molar-refractivity contribution in [2.45, 2.75) is 32.4 Å². The van der Waals surface area contributed by atoms with Gasteiger partial charge >= 0.3 is 0 Å². The molecule has 5 heteroatoms. The third-order valence-electron chi connectivity index (χ3n) is 4.12. The summed E-state index contributed by atoms with van der Waals surface area (Å²) in [6.07, 6.45) is 1.33. The number of hydrogen-bond donors (Lipinski definition) is 1. The Balaban J connectivity index is 2.39. The molecule has 1 aliphatic heterocycles. The highest BCUT2D eigenvalue weighted by Gasteiger charge is 2.33. The van der Waals surface area contributed by atoms with Gasteiger partial charge in [-0.05, 0) is 37.6 Å². The first kappa shape index (κ1) is 16.6. The Morgan fingerprint density at radius 2 is 2.00 bits per heavy atom. The van der Waals surface area contributed by atoms with Gasteiger partial charge in [-0.3, -0.25) is 0 Å². The largest absolute Gasteiger partial charge is 0.493 e. The molecule has 3 unspecified atom stereocenters. The predicted octanol–water partition coefficient (Wildman–Crippen LogP) is 3.54. The van der Waals surface area contributed by atoms with Gasteiger partial charge in [0.2, 0.25) is 0 Å². The van der Waals surface area contributed by atoms with Crippen LogP contribution in [0.4, 0.5) is 0 Å². The first-order chi connectivity index (χ1) is 10.1. The number of ether oxygens (including phenoxy) is 3. The molecule has 21 heavy (non-hydrogen) atoms. The van der Waals surface area contributed by atoms with Crippen molar-refractivity contribution in [2.24, 2.45) is 5.92 Å². The van der Waals surface area contributed by atoms with Crippen molar-refractivity contribution >= 4 is 15.9 Å². The molecule has 1 heterocycles. The van der Waals surface area contributed by atoms with Gasteiger partial charge in [-0.25, -0.2) is 0 Å². The van der Waals surface area contributed by atoms with Crippen molar-refractivity contribution in [1.82, 2.24) is 5.32 Å². The minimum absolute atomic E-state index is 0.238. The van der Waals surface area contributed by atoms with Gasteiger partial charge in [0.15, 0.2) is 11.5 Å². The molecule has 1 aromatic rings. The van der Waals surface area contributed by atoms with Crippen LogP contribution in [0.15, 0.2) is 16.6 Å². The lowest BCUT2D eigenvalue weighted by Gasteiger charge is -2.28. The molecular weight excluding hydrogens is 334 g/mol. The number of halogens is 1. The monoisotopic (exact) mass is 357 g/mol. The second-order valence-corrected chi connectivity index (χ2v) is 6.15. The van der Waals surface area contributed by atoms with Gasteiger partial charge in [-0.15, -0.1) is 0 Å². The van der Waals surface area contributed by atoms with E-state index in [1.807, 2.05) is 6.07 Å². The smallest absolute Gasteiger partial charge is 0.161 e. The zero-order valence-electron chi connectivity index (χ0n) is 13.1. The molecule has 1 aromatic carbocycles. The second-order valence-electron chi connectivity index (χ2n) is 5.29. The predicted molar refractivity (Wildman–Crippen MR) is 87.2 cm³/mol. The zero-order chi connectivity index (χ0) is 15.4. The molecule has 0 aliphatic carbocycles. The fourth-order valence-corrected chi connectivity index (χ4v) is 3.58. The van der Waals surface area contributed by atoms with Crippen LogP contribution >= 0.6 is 15.9 Å². The van der Waals surface area contributed by atoms with E-state index in [1.54, 1.807) is 14.2 Å². The fraction of sp³-hybridized carbons (Fsp3) is 0.625. The van der Waals surface area contributed by atoms with E-state index in [1.165, 1.54) is 5.56 Å². The zero-order valence-corrected chi connectivity index (χ0v) is 14.7. The van der Waals surface area contributed by atoms with Crippen molar-refractivity contribution in [1.29, 1.82) is 0 Å². The van der Waals surface area contributed by atoms with Crippen molar-refractivity contribution in [3.63, 3.8) is 0 Å². The standard InChI is InChI=1S/C16H24BrNO3/c1-5-18-16(11-6-7-21-10(11)2)12-8-14(19-3)15(20-4)9-13(12)17/h8-11,16,18H,5-7H2,1-4H3. The van der Waals surface area contributed by atoms with Crippen molar-refractivity contribution < 1.29 is 14.2 Å². The van der Waals surface area contributed by atoms with E-state index in [2.05, 4.69) is 41.2 Å². The molecule has 0 bridgehead atoms. The van der Waals surface area contributed by atoms with E-state index in [9.17, 15) is 0 Å². The molecule has 0 radical (unpaired) electrons. The number of nitrogens with one attached hydrogen (secondary N) is 1. The molecule has 0 saturated carbocycles. The van der Waals surface area contributed by atoms with Gasteiger partial charge in [-0.1, -0.05) is 22.9 Å². The Labute approximate surface area is 135 Å². The summed E-state index contributed by atoms with van der Waals surface area (Å²) < 4.78 is 17.6. The molecule has 3 atom stereocenters. The molecule has 118 valence electrons. The summed E-state index contributed by atoms with van der Waals surface area (Å²) in [7, 11) is 3.32. The van der Waals surface area contributed by atoms with Crippen LogP contribution in [0.25, 0.3) is 0 Å². The molecule has 0 aromatic heterocycles. The Kier molecular flexibility index (Phi) is 5.90.